The molecule has 0 radical (unpaired) electrons. The molecular formula is C23H16Cl2F3N3OS. The van der Waals surface area contributed by atoms with E-state index in [9.17, 15) is 13.2 Å². The molecule has 0 bridgehead atoms. The minimum atomic E-state index is -4.75. The first-order valence-corrected chi connectivity index (χ1v) is 11.5. The molecule has 2 aromatic heterocycles. The van der Waals surface area contributed by atoms with Crippen LogP contribution >= 0.6 is 35.0 Å². The molecule has 4 aromatic rings. The molecule has 4 nitrogen and oxygen atoms in total. The Morgan fingerprint density at radius 2 is 1.88 bits per heavy atom. The van der Waals surface area contributed by atoms with Gasteiger partial charge >= 0.3 is 6.18 Å². The van der Waals surface area contributed by atoms with Gasteiger partial charge in [-0.3, -0.25) is 0 Å². The number of aromatic nitrogens is 3. The monoisotopic (exact) mass is 509 g/mol. The standard InChI is InChI=1S/C23H16Cl2F3N3OS/c1-12-6-4-9-17(25)18(12)20-19(13(2)33-3)21(32-30-20)16-11-29-31(22(16)23(26,27)28)15-8-5-7-14(24)10-15/h4-11H,2H2,1,3H3. The Labute approximate surface area is 202 Å². The van der Waals surface area contributed by atoms with Crippen LogP contribution in [-0.2, 0) is 6.18 Å². The van der Waals surface area contributed by atoms with Crippen LogP contribution in [0.3, 0.4) is 0 Å². The first kappa shape index (κ1) is 23.5. The van der Waals surface area contributed by atoms with Crippen molar-refractivity contribution in [3.8, 4) is 28.3 Å². The smallest absolute Gasteiger partial charge is 0.355 e. The van der Waals surface area contributed by atoms with E-state index < -0.39 is 11.9 Å². The predicted molar refractivity (Wildman–Crippen MR) is 127 cm³/mol. The molecule has 0 aliphatic heterocycles. The highest BCUT2D eigenvalue weighted by atomic mass is 35.5. The van der Waals surface area contributed by atoms with E-state index in [1.165, 1.54) is 23.9 Å². The molecule has 2 heterocycles. The number of thioether (sulfide) groups is 1. The minimum Gasteiger partial charge on any atom is -0.355 e. The lowest BCUT2D eigenvalue weighted by atomic mass is 9.99. The van der Waals surface area contributed by atoms with Crippen LogP contribution in [0, 0.1) is 6.92 Å². The SMILES string of the molecule is C=C(SC)c1c(-c2c(C)cccc2Cl)noc1-c1cnn(-c2cccc(Cl)c2)c1C(F)(F)F. The fourth-order valence-corrected chi connectivity index (χ4v) is 4.42. The first-order chi connectivity index (χ1) is 15.6. The van der Waals surface area contributed by atoms with Crippen LogP contribution in [0.5, 0.6) is 0 Å². The lowest BCUT2D eigenvalue weighted by Gasteiger charge is -2.13. The molecule has 0 unspecified atom stereocenters. The topological polar surface area (TPSA) is 43.9 Å². The van der Waals surface area contributed by atoms with Crippen molar-refractivity contribution in [1.29, 1.82) is 0 Å². The van der Waals surface area contributed by atoms with Crippen molar-refractivity contribution in [3.63, 3.8) is 0 Å². The van der Waals surface area contributed by atoms with Gasteiger partial charge in [-0.2, -0.15) is 18.3 Å². The fraction of sp³-hybridized carbons (Fsp3) is 0.130. The minimum absolute atomic E-state index is 0.0933. The second-order valence-electron chi connectivity index (χ2n) is 7.09. The molecule has 0 atom stereocenters. The molecule has 33 heavy (non-hydrogen) atoms. The highest BCUT2D eigenvalue weighted by Gasteiger charge is 2.41. The Kier molecular flexibility index (Phi) is 6.35. The van der Waals surface area contributed by atoms with E-state index >= 15 is 0 Å². The third kappa shape index (κ3) is 4.30. The Morgan fingerprint density at radius 3 is 2.52 bits per heavy atom. The maximum Gasteiger partial charge on any atom is 0.434 e. The summed E-state index contributed by atoms with van der Waals surface area (Å²) in [5.41, 5.74) is 0.881. The van der Waals surface area contributed by atoms with Gasteiger partial charge in [0.2, 0.25) is 0 Å². The molecule has 0 N–H and O–H groups in total. The van der Waals surface area contributed by atoms with Gasteiger partial charge in [-0.1, -0.05) is 53.1 Å². The summed E-state index contributed by atoms with van der Waals surface area (Å²) in [6, 6.07) is 11.3. The third-order valence-electron chi connectivity index (χ3n) is 5.01. The van der Waals surface area contributed by atoms with E-state index in [0.717, 1.165) is 16.4 Å². The molecule has 10 heteroatoms. The summed E-state index contributed by atoms with van der Waals surface area (Å²) in [4.78, 5) is 0.476. The number of rotatable bonds is 5. The van der Waals surface area contributed by atoms with E-state index in [1.54, 1.807) is 30.5 Å². The number of aryl methyl sites for hydroxylation is 1. The van der Waals surface area contributed by atoms with Crippen LogP contribution in [0.25, 0.3) is 33.2 Å². The van der Waals surface area contributed by atoms with E-state index in [4.69, 9.17) is 27.7 Å². The Balaban J connectivity index is 2.01. The number of hydrogen-bond acceptors (Lipinski definition) is 4. The van der Waals surface area contributed by atoms with Crippen molar-refractivity contribution in [2.75, 3.05) is 6.26 Å². The van der Waals surface area contributed by atoms with Crippen molar-refractivity contribution in [1.82, 2.24) is 14.9 Å². The Hall–Kier alpha value is -2.68. The van der Waals surface area contributed by atoms with Gasteiger partial charge in [0.05, 0.1) is 28.0 Å². The summed E-state index contributed by atoms with van der Waals surface area (Å²) < 4.78 is 49.1. The van der Waals surface area contributed by atoms with Gasteiger partial charge in [0.15, 0.2) is 11.5 Å². The number of benzene rings is 2. The molecule has 0 fully saturated rings. The quantitative estimate of drug-likeness (QED) is 0.272. The van der Waals surface area contributed by atoms with Crippen LogP contribution in [-0.4, -0.2) is 21.2 Å². The summed E-state index contributed by atoms with van der Waals surface area (Å²) in [5.74, 6) is -0.0933. The second kappa shape index (κ2) is 8.93. The molecule has 0 spiro atoms. The van der Waals surface area contributed by atoms with Crippen LogP contribution in [0.2, 0.25) is 10.0 Å². The second-order valence-corrected chi connectivity index (χ2v) is 8.84. The number of hydrogen-bond donors (Lipinski definition) is 0. The van der Waals surface area contributed by atoms with Crippen molar-refractivity contribution >= 4 is 39.9 Å². The normalized spacial score (nSPS) is 11.7. The van der Waals surface area contributed by atoms with Gasteiger partial charge in [0, 0.05) is 15.5 Å². The van der Waals surface area contributed by atoms with Crippen molar-refractivity contribution in [3.05, 3.63) is 82.1 Å². The molecule has 4 rings (SSSR count). The highest BCUT2D eigenvalue weighted by Crippen LogP contribution is 2.46. The van der Waals surface area contributed by atoms with Crippen LogP contribution in [0.15, 0.2) is 59.8 Å². The van der Waals surface area contributed by atoms with E-state index in [2.05, 4.69) is 16.8 Å². The first-order valence-electron chi connectivity index (χ1n) is 9.53. The summed E-state index contributed by atoms with van der Waals surface area (Å²) in [5, 5.41) is 8.80. The zero-order chi connectivity index (χ0) is 23.9. The van der Waals surface area contributed by atoms with Crippen molar-refractivity contribution in [2.24, 2.45) is 0 Å². The molecule has 0 saturated carbocycles. The number of halogens is 5. The summed E-state index contributed by atoms with van der Waals surface area (Å²) >= 11 is 13.7. The Morgan fingerprint density at radius 1 is 1.15 bits per heavy atom. The van der Waals surface area contributed by atoms with Gasteiger partial charge in [-0.15, -0.1) is 11.8 Å². The summed E-state index contributed by atoms with van der Waals surface area (Å²) in [7, 11) is 0. The highest BCUT2D eigenvalue weighted by molar-refractivity contribution is 8.07. The van der Waals surface area contributed by atoms with Gasteiger partial charge < -0.3 is 4.52 Å². The average Bonchev–Trinajstić information content (AvgIpc) is 3.37. The third-order valence-corrected chi connectivity index (χ3v) is 6.26. The van der Waals surface area contributed by atoms with Crippen LogP contribution in [0.1, 0.15) is 16.8 Å². The van der Waals surface area contributed by atoms with Gasteiger partial charge in [-0.25, -0.2) is 4.68 Å². The molecule has 0 aliphatic carbocycles. The molecule has 170 valence electrons. The Bertz CT molecular complexity index is 1340. The van der Waals surface area contributed by atoms with Crippen molar-refractivity contribution in [2.45, 2.75) is 13.1 Å². The fourth-order valence-electron chi connectivity index (χ4n) is 3.53. The number of nitrogens with zero attached hydrogens (tertiary/aromatic N) is 3. The summed E-state index contributed by atoms with van der Waals surface area (Å²) in [6.45, 7) is 5.84. The van der Waals surface area contributed by atoms with Crippen LogP contribution < -0.4 is 0 Å². The van der Waals surface area contributed by atoms with Gasteiger partial charge in [-0.05, 0) is 43.0 Å². The van der Waals surface area contributed by atoms with Crippen molar-refractivity contribution < 1.29 is 17.7 Å². The largest absolute Gasteiger partial charge is 0.434 e. The van der Waals surface area contributed by atoms with E-state index in [1.807, 2.05) is 13.0 Å². The average molecular weight is 510 g/mol. The molecule has 0 saturated heterocycles. The molecule has 0 aliphatic rings. The zero-order valence-corrected chi connectivity index (χ0v) is 19.7. The molecule has 0 amide bonds. The summed E-state index contributed by atoms with van der Waals surface area (Å²) in [6.07, 6.45) is -1.88. The maximum atomic E-state index is 14.3. The molecule has 2 aromatic carbocycles. The molecular weight excluding hydrogens is 494 g/mol. The van der Waals surface area contributed by atoms with E-state index in [0.29, 0.717) is 26.7 Å². The lowest BCUT2D eigenvalue weighted by Crippen LogP contribution is -2.14. The maximum absolute atomic E-state index is 14.3. The van der Waals surface area contributed by atoms with Gasteiger partial charge in [0.25, 0.3) is 0 Å². The predicted octanol–water partition coefficient (Wildman–Crippen LogP) is 8.16. The van der Waals surface area contributed by atoms with Gasteiger partial charge in [0.1, 0.15) is 5.69 Å². The van der Waals surface area contributed by atoms with Crippen LogP contribution in [0.4, 0.5) is 13.2 Å². The lowest BCUT2D eigenvalue weighted by molar-refractivity contribution is -0.142. The number of alkyl halides is 3. The zero-order valence-electron chi connectivity index (χ0n) is 17.4. The van der Waals surface area contributed by atoms with E-state index in [-0.39, 0.29) is 22.0 Å².